The second kappa shape index (κ2) is 33.5. The Balaban J connectivity index is 0.000000324. The van der Waals surface area contributed by atoms with Crippen LogP contribution in [0.25, 0.3) is 31.3 Å². The minimum Gasteiger partial charge on any atom is -0.443 e. The summed E-state index contributed by atoms with van der Waals surface area (Å²) in [5.41, 5.74) is 20.4. The number of rotatable bonds is 22. The summed E-state index contributed by atoms with van der Waals surface area (Å²) in [4.78, 5) is 96.3. The first kappa shape index (κ1) is 73.6. The predicted octanol–water partition coefficient (Wildman–Crippen LogP) is 4.33. The van der Waals surface area contributed by atoms with Gasteiger partial charge in [-0.25, -0.2) is 27.6 Å². The third kappa shape index (κ3) is 23.2. The van der Waals surface area contributed by atoms with E-state index in [0.29, 0.717) is 41.4 Å². The van der Waals surface area contributed by atoms with Crippen molar-refractivity contribution in [2.24, 2.45) is 15.3 Å². The minimum atomic E-state index is -3.94. The first-order valence-corrected chi connectivity index (χ1v) is 32.4. The number of aliphatic hydroxyl groups excluding tert-OH is 1. The molecule has 3 aliphatic rings. The van der Waals surface area contributed by atoms with Gasteiger partial charge in [-0.2, -0.15) is 21.4 Å². The number of carbonyl (C=O) groups excluding carboxylic acids is 1. The van der Waals surface area contributed by atoms with E-state index < -0.39 is 124 Å². The second-order valence-electron chi connectivity index (χ2n) is 20.4. The highest BCUT2D eigenvalue weighted by Crippen LogP contribution is 2.34. The predicted molar refractivity (Wildman–Crippen MR) is 309 cm³/mol. The molecule has 480 valence electrons. The molecule has 0 aromatic carbocycles. The van der Waals surface area contributed by atoms with Gasteiger partial charge in [-0.1, -0.05) is 36.1 Å². The molecule has 0 saturated carbocycles. The maximum Gasteiger partial charge on any atom is 0.425 e. The van der Waals surface area contributed by atoms with E-state index in [0.717, 1.165) is 4.57 Å². The van der Waals surface area contributed by atoms with Crippen LogP contribution < -0.4 is 33.7 Å². The third-order valence-electron chi connectivity index (χ3n) is 12.5. The summed E-state index contributed by atoms with van der Waals surface area (Å²) in [6, 6.07) is 0. The number of hydrogen-bond donors (Lipinski definition) is 3. The Bertz CT molecular complexity index is 3690. The number of nitrogens with one attached hydrogen (secondary N) is 2. The van der Waals surface area contributed by atoms with E-state index in [1.165, 1.54) is 34.6 Å². The number of halogens is 1. The van der Waals surface area contributed by atoms with Crippen molar-refractivity contribution in [3.8, 4) is 0 Å². The van der Waals surface area contributed by atoms with Crippen LogP contribution in [0.5, 0.6) is 0 Å². The lowest BCUT2D eigenvalue weighted by atomic mass is 10.1. The summed E-state index contributed by atoms with van der Waals surface area (Å²) >= 11 is 0. The molecular formula is C47H72ClN15O20S3. The van der Waals surface area contributed by atoms with Crippen LogP contribution >= 0.6 is 10.7 Å². The summed E-state index contributed by atoms with van der Waals surface area (Å²) in [7, 11) is -6.33. The van der Waals surface area contributed by atoms with E-state index in [9.17, 15) is 63.9 Å². The average Bonchev–Trinajstić information content (AvgIpc) is 1.70. The van der Waals surface area contributed by atoms with Crippen molar-refractivity contribution in [2.75, 3.05) is 36.9 Å². The van der Waals surface area contributed by atoms with Gasteiger partial charge in [0.2, 0.25) is 9.05 Å². The van der Waals surface area contributed by atoms with Gasteiger partial charge in [-0.15, -0.1) is 0 Å². The number of ether oxygens (including phenoxy) is 4. The lowest BCUT2D eigenvalue weighted by molar-refractivity contribution is -0.0218. The number of aliphatic hydroxyl groups is 1. The minimum absolute atomic E-state index is 0.0000457. The molecule has 86 heavy (non-hydrogen) atoms. The summed E-state index contributed by atoms with van der Waals surface area (Å²) in [5.74, 6) is -0.763. The van der Waals surface area contributed by atoms with Crippen LogP contribution in [-0.2, 0) is 56.6 Å². The van der Waals surface area contributed by atoms with Gasteiger partial charge in [0.1, 0.15) is 36.5 Å². The molecule has 3 aliphatic heterocycles. The van der Waals surface area contributed by atoms with Crippen molar-refractivity contribution in [1.82, 2.24) is 28.2 Å². The van der Waals surface area contributed by atoms with Crippen molar-refractivity contribution in [1.29, 1.82) is 0 Å². The topological polar surface area (TPSA) is 495 Å². The van der Waals surface area contributed by atoms with Crippen molar-refractivity contribution in [2.45, 2.75) is 181 Å². The summed E-state index contributed by atoms with van der Waals surface area (Å²) < 4.78 is 106. The highest BCUT2D eigenvalue weighted by molar-refractivity contribution is 8.13. The standard InChI is InChI=1S/C19H29N5O8S.C14H21N5O6S.C11H16N2O4.C3H6ClN3O2S/c1-6-13-14(32-33(28,29)9-7-8-21-22-20)10-15(30-13)23-11-12(2)16(25)24(17(23)26)18(27)31-19(3,4)5;1-3-10-11(25-26(22,23)6-4-5-16-18-15)7-12(24-10)19-8-9(2)13(20)17-14(19)21;1-3-8-7(14)4-9(17-8)13-5-6(2)10(15)12-11(13)16;4-10(8,9)3-1-2-6-7-5/h11,13-15H,6-10H2,1-5H3;8,10-12H,3-7H2,1-2H3,(H,17,20,21);5,7-9,14H,3-4H2,1-2H3,(H,12,15,16);1-3H2/t13-,14-,15-;10-,11-,12-;7-,8-,9-;/m111./s1. The Morgan fingerprint density at radius 2 is 1.01 bits per heavy atom. The van der Waals surface area contributed by atoms with Gasteiger partial charge in [0, 0.05) is 99.6 Å². The Kier molecular flexibility index (Phi) is 28.6. The number of hydrogen-bond acceptors (Lipinski definition) is 23. The molecule has 0 unspecified atom stereocenters. The Morgan fingerprint density at radius 1 is 0.640 bits per heavy atom. The molecule has 0 radical (unpaired) electrons. The van der Waals surface area contributed by atoms with Gasteiger partial charge in [-0.3, -0.25) is 46.4 Å². The molecule has 3 aromatic heterocycles. The highest BCUT2D eigenvalue weighted by atomic mass is 35.7. The summed E-state index contributed by atoms with van der Waals surface area (Å²) in [6.45, 7) is 15.2. The number of H-pyrrole nitrogens is 2. The maximum atomic E-state index is 13.0. The van der Waals surface area contributed by atoms with E-state index in [2.05, 4.69) is 40.0 Å². The molecule has 39 heteroatoms. The molecular weight excluding hydrogens is 1230 g/mol. The maximum absolute atomic E-state index is 13.0. The number of nitrogens with zero attached hydrogens (tertiary/aromatic N) is 13. The molecule has 3 N–H and O–H groups in total. The van der Waals surface area contributed by atoms with Gasteiger partial charge < -0.3 is 24.1 Å². The summed E-state index contributed by atoms with van der Waals surface area (Å²) in [6.07, 6.45) is -0.157. The Morgan fingerprint density at radius 3 is 1.38 bits per heavy atom. The SMILES string of the molecule is CC[C@H]1O[C@@H](n2cc(C)c(=O)[nH]c2=O)C[C@H]1O.CC[C@H]1O[C@@H](n2cc(C)c(=O)[nH]c2=O)C[C@H]1OS(=O)(=O)CCCN=[N+]=[N-].CC[C@H]1O[C@@H](n2cc(C)c(=O)n(C(=O)OC(C)(C)C)c2=O)C[C@H]1OS(=O)(=O)CCCN=[N+]=[N-].[N-]=[N+]=NCCCS(=O)(=O)Cl. The molecule has 3 fully saturated rings. The molecule has 6 rings (SSSR count). The number of carbonyl (C=O) groups is 1. The third-order valence-corrected chi connectivity index (χ3v) is 16.4. The van der Waals surface area contributed by atoms with E-state index in [1.54, 1.807) is 41.5 Å². The van der Waals surface area contributed by atoms with Gasteiger partial charge in [-0.05, 0) is 96.7 Å². The van der Waals surface area contributed by atoms with Crippen LogP contribution in [0.2, 0.25) is 0 Å². The number of aromatic nitrogens is 6. The zero-order chi connectivity index (χ0) is 64.9. The zero-order valence-electron chi connectivity index (χ0n) is 48.7. The molecule has 0 bridgehead atoms. The molecule has 9 atom stereocenters. The van der Waals surface area contributed by atoms with Crippen molar-refractivity contribution >= 4 is 46.1 Å². The van der Waals surface area contributed by atoms with Crippen molar-refractivity contribution in [3.05, 3.63) is 129 Å². The fourth-order valence-electron chi connectivity index (χ4n) is 8.44. The van der Waals surface area contributed by atoms with Gasteiger partial charge in [0.05, 0.1) is 41.7 Å². The smallest absolute Gasteiger partial charge is 0.425 e. The van der Waals surface area contributed by atoms with Crippen molar-refractivity contribution in [3.63, 3.8) is 0 Å². The summed E-state index contributed by atoms with van der Waals surface area (Å²) in [5, 5.41) is 19.4. The molecule has 0 aliphatic carbocycles. The molecule has 3 aromatic rings. The van der Waals surface area contributed by atoms with Crippen LogP contribution in [-0.4, -0.2) is 144 Å². The van der Waals surface area contributed by atoms with Crippen LogP contribution in [0, 0.1) is 20.8 Å². The van der Waals surface area contributed by atoms with Crippen LogP contribution in [0.1, 0.15) is 135 Å². The van der Waals surface area contributed by atoms with Gasteiger partial charge in [0.15, 0.2) is 0 Å². The average molecular weight is 1300 g/mol. The van der Waals surface area contributed by atoms with E-state index in [-0.39, 0.29) is 80.7 Å². The monoisotopic (exact) mass is 1300 g/mol. The molecule has 0 amide bonds. The number of aryl methyl sites for hydroxylation is 3. The zero-order valence-corrected chi connectivity index (χ0v) is 51.9. The molecule has 3 saturated heterocycles. The first-order valence-electron chi connectivity index (χ1n) is 26.8. The first-order chi connectivity index (χ1) is 40.1. The van der Waals surface area contributed by atoms with E-state index in [4.69, 9.17) is 54.6 Å². The van der Waals surface area contributed by atoms with E-state index >= 15 is 0 Å². The number of azide groups is 3. The van der Waals surface area contributed by atoms with Crippen LogP contribution in [0.4, 0.5) is 4.79 Å². The van der Waals surface area contributed by atoms with Gasteiger partial charge >= 0.3 is 23.2 Å². The van der Waals surface area contributed by atoms with Gasteiger partial charge in [0.25, 0.3) is 36.9 Å². The fraction of sp³-hybridized carbons (Fsp3) is 0.723. The molecule has 0 spiro atoms. The lowest BCUT2D eigenvalue weighted by Crippen LogP contribution is -2.47. The Labute approximate surface area is 497 Å². The highest BCUT2D eigenvalue weighted by Gasteiger charge is 2.41. The lowest BCUT2D eigenvalue weighted by Gasteiger charge is -2.21. The van der Waals surface area contributed by atoms with Crippen LogP contribution in [0.15, 0.2) is 62.7 Å². The normalized spacial score (nSPS) is 21.8. The fourth-order valence-corrected chi connectivity index (χ4v) is 11.6. The van der Waals surface area contributed by atoms with Crippen molar-refractivity contribution < 1.29 is 62.5 Å². The van der Waals surface area contributed by atoms with Crippen LogP contribution in [0.3, 0.4) is 0 Å². The quantitative estimate of drug-likeness (QED) is 0.0314. The van der Waals surface area contributed by atoms with E-state index in [1.807, 2.05) is 13.8 Å². The molecule has 35 nitrogen and oxygen atoms in total. The Hall–Kier alpha value is -6.66. The molecule has 6 heterocycles. The second-order valence-corrected chi connectivity index (χ2v) is 26.8. The number of aromatic amines is 2. The largest absolute Gasteiger partial charge is 0.443 e.